The first-order chi connectivity index (χ1) is 9.83. The molecule has 0 aliphatic rings. The van der Waals surface area contributed by atoms with Gasteiger partial charge < -0.3 is 10.6 Å². The Morgan fingerprint density at radius 2 is 1.86 bits per heavy atom. The van der Waals surface area contributed by atoms with E-state index in [1.807, 2.05) is 38.1 Å². The van der Waals surface area contributed by atoms with Crippen molar-refractivity contribution in [1.82, 2.24) is 0 Å². The van der Waals surface area contributed by atoms with Crippen LogP contribution in [0.5, 0.6) is 0 Å². The minimum absolute atomic E-state index is 0.289. The van der Waals surface area contributed by atoms with Gasteiger partial charge in [-0.1, -0.05) is 0 Å². The molecule has 2 aromatic rings. The number of anilines is 2. The zero-order valence-electron chi connectivity index (χ0n) is 12.3. The maximum absolute atomic E-state index is 12.3. The number of hydrogen-bond donors (Lipinski definition) is 2. The number of benzene rings is 1. The Morgan fingerprint density at radius 1 is 1.24 bits per heavy atom. The van der Waals surface area contributed by atoms with E-state index < -0.39 is 10.0 Å². The van der Waals surface area contributed by atoms with Crippen molar-refractivity contribution in [3.63, 3.8) is 0 Å². The van der Waals surface area contributed by atoms with Gasteiger partial charge in [0.25, 0.3) is 10.0 Å². The first-order valence-electron chi connectivity index (χ1n) is 6.43. The number of nitrogens with one attached hydrogen (secondary N) is 1. The van der Waals surface area contributed by atoms with Crippen LogP contribution < -0.4 is 15.4 Å². The van der Waals surface area contributed by atoms with Crippen molar-refractivity contribution >= 4 is 32.7 Å². The van der Waals surface area contributed by atoms with Crippen molar-refractivity contribution < 1.29 is 8.42 Å². The van der Waals surface area contributed by atoms with E-state index in [0.717, 1.165) is 16.1 Å². The molecule has 0 atom stereocenters. The molecule has 2 rings (SSSR count). The highest BCUT2D eigenvalue weighted by Gasteiger charge is 2.18. The fourth-order valence-electron chi connectivity index (χ4n) is 1.86. The standard InChI is InChI=1S/C14H19N3O2S2/c1-10-8-14(20-13(10)9-15)21(18,19)16-11-4-6-12(7-5-11)17(2)3/h4-8,16H,9,15H2,1-3H3. The van der Waals surface area contributed by atoms with Crippen molar-refractivity contribution in [2.45, 2.75) is 17.7 Å². The third kappa shape index (κ3) is 3.55. The van der Waals surface area contributed by atoms with Gasteiger partial charge in [0.05, 0.1) is 0 Å². The van der Waals surface area contributed by atoms with Crippen LogP contribution in [0.1, 0.15) is 10.4 Å². The first kappa shape index (κ1) is 15.8. The van der Waals surface area contributed by atoms with Crippen LogP contribution in [0.2, 0.25) is 0 Å². The second-order valence-electron chi connectivity index (χ2n) is 4.92. The largest absolute Gasteiger partial charge is 0.378 e. The van der Waals surface area contributed by atoms with Gasteiger partial charge in [-0.25, -0.2) is 8.42 Å². The van der Waals surface area contributed by atoms with E-state index in [1.54, 1.807) is 18.2 Å². The fourth-order valence-corrected chi connectivity index (χ4v) is 4.38. The van der Waals surface area contributed by atoms with Crippen molar-refractivity contribution in [3.05, 3.63) is 40.8 Å². The Labute approximate surface area is 129 Å². The highest BCUT2D eigenvalue weighted by molar-refractivity contribution is 7.94. The molecule has 1 aromatic heterocycles. The average molecular weight is 325 g/mol. The number of thiophene rings is 1. The van der Waals surface area contributed by atoms with Crippen LogP contribution in [0.4, 0.5) is 11.4 Å². The first-order valence-corrected chi connectivity index (χ1v) is 8.73. The molecule has 0 aliphatic carbocycles. The smallest absolute Gasteiger partial charge is 0.271 e. The molecule has 0 radical (unpaired) electrons. The molecule has 0 amide bonds. The highest BCUT2D eigenvalue weighted by Crippen LogP contribution is 2.27. The van der Waals surface area contributed by atoms with Crippen LogP contribution in [-0.4, -0.2) is 22.5 Å². The Morgan fingerprint density at radius 3 is 2.33 bits per heavy atom. The van der Waals surface area contributed by atoms with E-state index in [-0.39, 0.29) is 4.21 Å². The summed E-state index contributed by atoms with van der Waals surface area (Å²) in [5.74, 6) is 0. The van der Waals surface area contributed by atoms with Crippen LogP contribution in [0.3, 0.4) is 0 Å². The zero-order chi connectivity index (χ0) is 15.6. The van der Waals surface area contributed by atoms with Crippen molar-refractivity contribution in [3.8, 4) is 0 Å². The Hall–Kier alpha value is -1.57. The molecule has 0 aliphatic heterocycles. The van der Waals surface area contributed by atoms with Crippen LogP contribution in [0.25, 0.3) is 0 Å². The Bertz CT molecular complexity index is 719. The molecule has 114 valence electrons. The maximum Gasteiger partial charge on any atom is 0.271 e. The molecule has 0 saturated heterocycles. The molecule has 0 bridgehead atoms. The predicted molar refractivity (Wildman–Crippen MR) is 88.5 cm³/mol. The van der Waals surface area contributed by atoms with Gasteiger partial charge >= 0.3 is 0 Å². The minimum Gasteiger partial charge on any atom is -0.378 e. The third-order valence-corrected chi connectivity index (χ3v) is 6.20. The Kier molecular flexibility index (Phi) is 4.55. The highest BCUT2D eigenvalue weighted by atomic mass is 32.2. The van der Waals surface area contributed by atoms with Gasteiger partial charge in [0.2, 0.25) is 0 Å². The second-order valence-corrected chi connectivity index (χ2v) is 7.97. The number of sulfonamides is 1. The monoisotopic (exact) mass is 325 g/mol. The molecular weight excluding hydrogens is 306 g/mol. The zero-order valence-corrected chi connectivity index (χ0v) is 13.9. The number of hydrogen-bond acceptors (Lipinski definition) is 5. The Balaban J connectivity index is 2.24. The van der Waals surface area contributed by atoms with Crippen molar-refractivity contribution in [2.24, 2.45) is 5.73 Å². The van der Waals surface area contributed by atoms with E-state index in [2.05, 4.69) is 4.72 Å². The van der Waals surface area contributed by atoms with Crippen molar-refractivity contribution in [1.29, 1.82) is 0 Å². The van der Waals surface area contributed by atoms with Crippen LogP contribution in [-0.2, 0) is 16.6 Å². The van der Waals surface area contributed by atoms with Gasteiger partial charge in [-0.15, -0.1) is 11.3 Å². The van der Waals surface area contributed by atoms with Gasteiger partial charge in [0, 0.05) is 36.9 Å². The average Bonchev–Trinajstić information content (AvgIpc) is 2.81. The van der Waals surface area contributed by atoms with Gasteiger partial charge in [-0.3, -0.25) is 4.72 Å². The normalized spacial score (nSPS) is 11.4. The minimum atomic E-state index is -3.56. The van der Waals surface area contributed by atoms with Gasteiger partial charge in [0.15, 0.2) is 0 Å². The van der Waals surface area contributed by atoms with Crippen molar-refractivity contribution in [2.75, 3.05) is 23.7 Å². The fraction of sp³-hybridized carbons (Fsp3) is 0.286. The van der Waals surface area contributed by atoms with Crippen LogP contribution in [0.15, 0.2) is 34.5 Å². The number of nitrogens with two attached hydrogens (primary N) is 1. The van der Waals surface area contributed by atoms with Crippen LogP contribution >= 0.6 is 11.3 Å². The quantitative estimate of drug-likeness (QED) is 0.885. The summed E-state index contributed by atoms with van der Waals surface area (Å²) >= 11 is 1.21. The summed E-state index contributed by atoms with van der Waals surface area (Å²) in [6, 6.07) is 8.88. The molecule has 0 fully saturated rings. The topological polar surface area (TPSA) is 75.4 Å². The molecule has 1 heterocycles. The number of aryl methyl sites for hydroxylation is 1. The maximum atomic E-state index is 12.3. The molecule has 21 heavy (non-hydrogen) atoms. The lowest BCUT2D eigenvalue weighted by Gasteiger charge is -2.13. The lowest BCUT2D eigenvalue weighted by atomic mass is 10.3. The summed E-state index contributed by atoms with van der Waals surface area (Å²) in [7, 11) is 0.306. The summed E-state index contributed by atoms with van der Waals surface area (Å²) < 4.78 is 27.6. The second kappa shape index (κ2) is 6.05. The lowest BCUT2D eigenvalue weighted by Crippen LogP contribution is -2.12. The summed E-state index contributed by atoms with van der Waals surface area (Å²) in [5, 5.41) is 0. The van der Waals surface area contributed by atoms with Gasteiger partial charge in [-0.2, -0.15) is 0 Å². The third-order valence-electron chi connectivity index (χ3n) is 3.08. The molecule has 0 unspecified atom stereocenters. The van der Waals surface area contributed by atoms with Gasteiger partial charge in [0.1, 0.15) is 4.21 Å². The van der Waals surface area contributed by atoms with Gasteiger partial charge in [-0.05, 0) is 42.8 Å². The molecule has 3 N–H and O–H groups in total. The summed E-state index contributed by atoms with van der Waals surface area (Å²) in [6.45, 7) is 2.22. The summed E-state index contributed by atoms with van der Waals surface area (Å²) in [5.41, 5.74) is 8.06. The molecule has 1 aromatic carbocycles. The molecular formula is C14H19N3O2S2. The van der Waals surface area contributed by atoms with E-state index in [0.29, 0.717) is 12.2 Å². The molecule has 0 saturated carbocycles. The van der Waals surface area contributed by atoms with E-state index in [4.69, 9.17) is 5.73 Å². The summed E-state index contributed by atoms with van der Waals surface area (Å²) in [6.07, 6.45) is 0. The molecule has 7 heteroatoms. The van der Waals surface area contributed by atoms with E-state index >= 15 is 0 Å². The lowest BCUT2D eigenvalue weighted by molar-refractivity contribution is 0.603. The molecule has 0 spiro atoms. The molecule has 5 nitrogen and oxygen atoms in total. The van der Waals surface area contributed by atoms with E-state index in [9.17, 15) is 8.42 Å². The predicted octanol–water partition coefficient (Wildman–Crippen LogP) is 2.38. The number of rotatable bonds is 5. The summed E-state index contributed by atoms with van der Waals surface area (Å²) in [4.78, 5) is 2.84. The van der Waals surface area contributed by atoms with Crippen LogP contribution in [0, 0.1) is 6.92 Å². The van der Waals surface area contributed by atoms with E-state index in [1.165, 1.54) is 11.3 Å². The number of nitrogens with zero attached hydrogens (tertiary/aromatic N) is 1. The SMILES string of the molecule is Cc1cc(S(=O)(=O)Nc2ccc(N(C)C)cc2)sc1CN.